The lowest BCUT2D eigenvalue weighted by molar-refractivity contribution is -0.137. The normalized spacial score (nSPS) is 12.3. The van der Waals surface area contributed by atoms with Crippen LogP contribution < -0.4 is 5.73 Å². The monoisotopic (exact) mass is 360 g/mol. The van der Waals surface area contributed by atoms with Gasteiger partial charge in [-0.1, -0.05) is 12.1 Å². The minimum atomic E-state index is -1.80. The Balaban J connectivity index is 2.15. The summed E-state index contributed by atoms with van der Waals surface area (Å²) in [5.41, 5.74) is 6.17. The van der Waals surface area contributed by atoms with Gasteiger partial charge in [-0.3, -0.25) is 9.59 Å². The number of nitrogens with two attached hydrogens (primary N) is 1. The number of rotatable bonds is 4. The number of aromatic hydroxyl groups is 1. The number of aryl methyl sites for hydroxylation is 1. The predicted molar refractivity (Wildman–Crippen MR) is 91.4 cm³/mol. The maximum Gasteiger partial charge on any atom is 0.328 e. The van der Waals surface area contributed by atoms with Crippen molar-refractivity contribution < 1.29 is 24.2 Å². The van der Waals surface area contributed by atoms with Gasteiger partial charge in [0.25, 0.3) is 0 Å². The third-order valence-electron chi connectivity index (χ3n) is 3.75. The van der Waals surface area contributed by atoms with Crippen LogP contribution in [-0.4, -0.2) is 33.0 Å². The summed E-state index contributed by atoms with van der Waals surface area (Å²) >= 11 is 1.20. The lowest BCUT2D eigenvalue weighted by Gasteiger charge is -2.08. The van der Waals surface area contributed by atoms with E-state index in [0.717, 1.165) is 10.4 Å². The first-order valence-corrected chi connectivity index (χ1v) is 8.03. The summed E-state index contributed by atoms with van der Waals surface area (Å²) in [5, 5.41) is 19.9. The Labute approximate surface area is 145 Å². The molecular formula is C17H13FN2O4S. The molecule has 2 aromatic heterocycles. The predicted octanol–water partition coefficient (Wildman–Crippen LogP) is 2.71. The summed E-state index contributed by atoms with van der Waals surface area (Å²) in [5.74, 6) is -3.23. The van der Waals surface area contributed by atoms with Gasteiger partial charge in [-0.05, 0) is 30.7 Å². The molecule has 0 fully saturated rings. The zero-order chi connectivity index (χ0) is 18.3. The van der Waals surface area contributed by atoms with Crippen LogP contribution in [0.5, 0.6) is 5.75 Å². The van der Waals surface area contributed by atoms with E-state index in [2.05, 4.69) is 4.98 Å². The third-order valence-corrected chi connectivity index (χ3v) is 4.94. The SMILES string of the molecule is Cc1nc(C(=O)C(N)C(=O)O)c(O)c2sc(-c3ccc(F)cc3)cc12. The molecule has 8 heteroatoms. The van der Waals surface area contributed by atoms with Crippen LogP contribution in [0.1, 0.15) is 16.2 Å². The zero-order valence-corrected chi connectivity index (χ0v) is 13.8. The largest absolute Gasteiger partial charge is 0.504 e. The Morgan fingerprint density at radius 2 is 1.92 bits per heavy atom. The van der Waals surface area contributed by atoms with E-state index in [1.807, 2.05) is 0 Å². The van der Waals surface area contributed by atoms with Crippen LogP contribution >= 0.6 is 11.3 Å². The van der Waals surface area contributed by atoms with Gasteiger partial charge < -0.3 is 15.9 Å². The Bertz CT molecular complexity index is 998. The Morgan fingerprint density at radius 1 is 1.28 bits per heavy atom. The van der Waals surface area contributed by atoms with E-state index >= 15 is 0 Å². The fraction of sp³-hybridized carbons (Fsp3) is 0.118. The van der Waals surface area contributed by atoms with Gasteiger partial charge in [0.1, 0.15) is 5.82 Å². The van der Waals surface area contributed by atoms with Crippen LogP contribution in [0.3, 0.4) is 0 Å². The molecule has 2 heterocycles. The number of hydrogen-bond donors (Lipinski definition) is 3. The number of carboxylic acid groups (broad SMARTS) is 1. The zero-order valence-electron chi connectivity index (χ0n) is 13.0. The number of fused-ring (bicyclic) bond motifs is 1. The average molecular weight is 360 g/mol. The quantitative estimate of drug-likeness (QED) is 0.487. The fourth-order valence-corrected chi connectivity index (χ4v) is 3.57. The number of carbonyl (C=O) groups excluding carboxylic acids is 1. The summed E-state index contributed by atoms with van der Waals surface area (Å²) in [6.45, 7) is 1.64. The van der Waals surface area contributed by atoms with Gasteiger partial charge in [-0.2, -0.15) is 0 Å². The molecule has 0 bridgehead atoms. The molecule has 0 spiro atoms. The number of thiophene rings is 1. The van der Waals surface area contributed by atoms with Crippen molar-refractivity contribution in [2.24, 2.45) is 5.73 Å². The highest BCUT2D eigenvalue weighted by molar-refractivity contribution is 7.22. The first-order valence-electron chi connectivity index (χ1n) is 7.21. The fourth-order valence-electron chi connectivity index (χ4n) is 2.41. The minimum absolute atomic E-state index is 0.360. The van der Waals surface area contributed by atoms with E-state index in [0.29, 0.717) is 15.8 Å². The molecule has 3 aromatic rings. The molecule has 1 atom stereocenters. The van der Waals surface area contributed by atoms with Crippen LogP contribution in [-0.2, 0) is 4.79 Å². The number of benzene rings is 1. The third kappa shape index (κ3) is 2.97. The van der Waals surface area contributed by atoms with E-state index in [-0.39, 0.29) is 11.5 Å². The molecule has 128 valence electrons. The molecule has 0 aliphatic rings. The van der Waals surface area contributed by atoms with Crippen LogP contribution in [0, 0.1) is 12.7 Å². The number of nitrogens with zero attached hydrogens (tertiary/aromatic N) is 1. The van der Waals surface area contributed by atoms with Crippen molar-refractivity contribution in [1.29, 1.82) is 0 Å². The summed E-state index contributed by atoms with van der Waals surface area (Å²) in [7, 11) is 0. The van der Waals surface area contributed by atoms with Crippen molar-refractivity contribution >= 4 is 33.2 Å². The molecular weight excluding hydrogens is 347 g/mol. The summed E-state index contributed by atoms with van der Waals surface area (Å²) < 4.78 is 13.5. The molecule has 4 N–H and O–H groups in total. The number of aromatic nitrogens is 1. The van der Waals surface area contributed by atoms with E-state index in [4.69, 9.17) is 10.8 Å². The van der Waals surface area contributed by atoms with Crippen molar-refractivity contribution in [3.63, 3.8) is 0 Å². The second kappa shape index (κ2) is 6.23. The second-order valence-corrected chi connectivity index (χ2v) is 6.49. The Hall–Kier alpha value is -2.84. The number of aliphatic carboxylic acids is 1. The number of halogens is 1. The average Bonchev–Trinajstić information content (AvgIpc) is 3.03. The van der Waals surface area contributed by atoms with Crippen molar-refractivity contribution in [3.8, 4) is 16.2 Å². The molecule has 25 heavy (non-hydrogen) atoms. The van der Waals surface area contributed by atoms with E-state index in [1.54, 1.807) is 25.1 Å². The highest BCUT2D eigenvalue weighted by Crippen LogP contribution is 2.40. The summed E-state index contributed by atoms with van der Waals surface area (Å²) in [6.07, 6.45) is 0. The van der Waals surface area contributed by atoms with Crippen LogP contribution in [0.25, 0.3) is 20.5 Å². The maximum atomic E-state index is 13.1. The molecule has 0 aliphatic heterocycles. The van der Waals surface area contributed by atoms with E-state index < -0.39 is 23.5 Å². The highest BCUT2D eigenvalue weighted by Gasteiger charge is 2.28. The van der Waals surface area contributed by atoms with Crippen molar-refractivity contribution in [1.82, 2.24) is 4.98 Å². The molecule has 0 saturated heterocycles. The number of Topliss-reactive ketones (excluding diaryl/α,β-unsaturated/α-hetero) is 1. The van der Waals surface area contributed by atoms with Gasteiger partial charge in [-0.15, -0.1) is 11.3 Å². The molecule has 3 rings (SSSR count). The topological polar surface area (TPSA) is 114 Å². The smallest absolute Gasteiger partial charge is 0.328 e. The molecule has 0 aliphatic carbocycles. The molecule has 0 amide bonds. The lowest BCUT2D eigenvalue weighted by atomic mass is 10.1. The molecule has 0 saturated carbocycles. The standard InChI is InChI=1S/C17H13FN2O4S/c1-7-10-6-11(8-2-4-9(18)5-3-8)25-16(10)15(22)13(20-7)14(21)12(19)17(23)24/h2-6,12,22H,19H2,1H3,(H,23,24). The Kier molecular flexibility index (Phi) is 4.23. The second-order valence-electron chi connectivity index (χ2n) is 5.43. The van der Waals surface area contributed by atoms with Crippen LogP contribution in [0.4, 0.5) is 4.39 Å². The molecule has 6 nitrogen and oxygen atoms in total. The number of carboxylic acids is 1. The van der Waals surface area contributed by atoms with Gasteiger partial charge >= 0.3 is 5.97 Å². The van der Waals surface area contributed by atoms with E-state index in [1.165, 1.54) is 23.5 Å². The van der Waals surface area contributed by atoms with Crippen molar-refractivity contribution in [2.75, 3.05) is 0 Å². The number of ketones is 1. The van der Waals surface area contributed by atoms with Gasteiger partial charge in [0.05, 0.1) is 4.70 Å². The number of pyridine rings is 1. The molecule has 1 aromatic carbocycles. The first-order chi connectivity index (χ1) is 11.8. The van der Waals surface area contributed by atoms with Gasteiger partial charge in [-0.25, -0.2) is 9.37 Å². The summed E-state index contributed by atoms with van der Waals surface area (Å²) in [6, 6.07) is 5.84. The number of carbonyl (C=O) groups is 2. The maximum absolute atomic E-state index is 13.1. The number of hydrogen-bond acceptors (Lipinski definition) is 6. The first kappa shape index (κ1) is 17.0. The van der Waals surface area contributed by atoms with Gasteiger partial charge in [0.15, 0.2) is 17.5 Å². The minimum Gasteiger partial charge on any atom is -0.504 e. The highest BCUT2D eigenvalue weighted by atomic mass is 32.1. The van der Waals surface area contributed by atoms with Crippen molar-refractivity contribution in [3.05, 3.63) is 47.5 Å². The van der Waals surface area contributed by atoms with Crippen LogP contribution in [0.2, 0.25) is 0 Å². The van der Waals surface area contributed by atoms with Crippen molar-refractivity contribution in [2.45, 2.75) is 13.0 Å². The van der Waals surface area contributed by atoms with Crippen LogP contribution in [0.15, 0.2) is 30.3 Å². The summed E-state index contributed by atoms with van der Waals surface area (Å²) in [4.78, 5) is 27.8. The van der Waals surface area contributed by atoms with Gasteiger partial charge in [0.2, 0.25) is 5.78 Å². The van der Waals surface area contributed by atoms with Gasteiger partial charge in [0, 0.05) is 16.0 Å². The molecule has 0 radical (unpaired) electrons. The van der Waals surface area contributed by atoms with E-state index in [9.17, 15) is 19.1 Å². The Morgan fingerprint density at radius 3 is 2.52 bits per heavy atom. The molecule has 1 unspecified atom stereocenters. The lowest BCUT2D eigenvalue weighted by Crippen LogP contribution is -2.39.